The number of hydrogen-bond acceptors (Lipinski definition) is 15. The van der Waals surface area contributed by atoms with Gasteiger partial charge in [-0.15, -0.1) is 11.5 Å². The van der Waals surface area contributed by atoms with Gasteiger partial charge in [-0.25, -0.2) is 19.3 Å². The maximum Gasteiger partial charge on any atom is 0.350 e. The fourth-order valence-corrected chi connectivity index (χ4v) is 6.71. The smallest absolute Gasteiger partial charge is 0.350 e. The highest BCUT2D eigenvalue weighted by molar-refractivity contribution is 7.90. The molecular weight excluding hydrogens is 878 g/mol. The first-order chi connectivity index (χ1) is 28.2. The number of amides is 3. The SMILES string of the molecule is C#CCOc1cc(-n2nc3n(c2=O)CCCC3)c(Cl)cc1Cl.COc1cc(OC)nc(NC(=O)NS(=O)(=O)c2ncccc2C(=O)N(C)C)n1.O=C(O)CNCP(=O)(O)O. The van der Waals surface area contributed by atoms with E-state index in [1.165, 1.54) is 68.4 Å². The van der Waals surface area contributed by atoms with Crippen molar-refractivity contribution in [2.75, 3.05) is 53.1 Å². The lowest BCUT2D eigenvalue weighted by molar-refractivity contribution is -0.135. The number of rotatable bonds is 13. The summed E-state index contributed by atoms with van der Waals surface area (Å²) in [5.41, 5.74) is 0.0407. The van der Waals surface area contributed by atoms with Gasteiger partial charge < -0.3 is 34.0 Å². The second-order valence-electron chi connectivity index (χ2n) is 12.0. The minimum atomic E-state index is -4.46. The largest absolute Gasteiger partial charge is 0.481 e. The highest BCUT2D eigenvalue weighted by Gasteiger charge is 2.27. The summed E-state index contributed by atoms with van der Waals surface area (Å²) in [6.07, 6.45) is 8.56. The topological polar surface area (TPSA) is 309 Å². The van der Waals surface area contributed by atoms with Gasteiger partial charge in [0.1, 0.15) is 18.2 Å². The molecule has 0 radical (unpaired) electrons. The molecule has 0 spiro atoms. The second kappa shape index (κ2) is 22.0. The minimum absolute atomic E-state index is 0.0788. The Kier molecular flexibility index (Phi) is 17.8. The van der Waals surface area contributed by atoms with Gasteiger partial charge in [0.2, 0.25) is 17.7 Å². The van der Waals surface area contributed by atoms with Crippen LogP contribution in [0.5, 0.6) is 17.5 Å². The third-order valence-electron chi connectivity index (χ3n) is 7.32. The number of halogens is 2. The number of methoxy groups -OCH3 is 2. The summed E-state index contributed by atoms with van der Waals surface area (Å²) in [6, 6.07) is 6.01. The van der Waals surface area contributed by atoms with E-state index < -0.39 is 53.4 Å². The van der Waals surface area contributed by atoms with E-state index in [2.05, 4.69) is 36.6 Å². The number of aryl methyl sites for hydroxylation is 1. The molecule has 6 N–H and O–H groups in total. The number of carbonyl (C=O) groups excluding carboxylic acids is 2. The number of urea groups is 1. The van der Waals surface area contributed by atoms with E-state index in [1.807, 2.05) is 0 Å². The zero-order valence-electron chi connectivity index (χ0n) is 32.2. The first-order valence-corrected chi connectivity index (χ1v) is 20.9. The van der Waals surface area contributed by atoms with E-state index in [-0.39, 0.29) is 35.6 Å². The van der Waals surface area contributed by atoms with Crippen LogP contribution in [0.15, 0.2) is 46.3 Å². The average molecular weight is 918 g/mol. The molecule has 3 amide bonds. The molecule has 0 bridgehead atoms. The van der Waals surface area contributed by atoms with Gasteiger partial charge in [-0.1, -0.05) is 29.1 Å². The molecule has 27 heteroatoms. The molecule has 1 aliphatic heterocycles. The van der Waals surface area contributed by atoms with Crippen LogP contribution >= 0.6 is 30.8 Å². The van der Waals surface area contributed by atoms with Crippen molar-refractivity contribution >= 4 is 64.7 Å². The van der Waals surface area contributed by atoms with Crippen molar-refractivity contribution in [1.82, 2.24) is 44.2 Å². The molecule has 0 aliphatic carbocycles. The number of fused-ring (bicyclic) bond motifs is 1. The number of carboxylic acid groups (broad SMARTS) is 1. The van der Waals surface area contributed by atoms with E-state index in [4.69, 9.17) is 58.7 Å². The number of carboxylic acids is 1. The van der Waals surface area contributed by atoms with Crippen molar-refractivity contribution in [1.29, 1.82) is 0 Å². The molecule has 1 aromatic carbocycles. The van der Waals surface area contributed by atoms with Gasteiger partial charge in [0, 0.05) is 39.3 Å². The third-order valence-corrected chi connectivity index (χ3v) is 9.84. The second-order valence-corrected chi connectivity index (χ2v) is 16.0. The molecule has 60 heavy (non-hydrogen) atoms. The molecule has 0 saturated carbocycles. The summed E-state index contributed by atoms with van der Waals surface area (Å²) in [6.45, 7) is 0.320. The summed E-state index contributed by atoms with van der Waals surface area (Å²) in [5.74, 6) is 1.70. The number of carbonyl (C=O) groups is 3. The van der Waals surface area contributed by atoms with Crippen molar-refractivity contribution in [2.24, 2.45) is 0 Å². The summed E-state index contributed by atoms with van der Waals surface area (Å²) >= 11 is 12.3. The maximum absolute atomic E-state index is 12.5. The standard InChI is InChI=1S/C15H13Cl2N3O2.C15H18N6O6S.C3H8NO5P/c1-2-7-22-13-9-12(10(16)8-11(13)17)20-15(21)19-6-4-3-5-14(19)18-20;1-21(2)13(22)9-6-5-7-16-12(9)28(24,25)20-15(23)19-14-17-10(26-3)8-11(18-14)27-4;5-3(6)1-4-2-10(7,8)9/h1,8-9H,3-7H2;5-8H,1-4H3,(H2,17,18,19,20,23);4H,1-2H2,(H,5,6)(H2,7,8,9). The van der Waals surface area contributed by atoms with Crippen LogP contribution in [0.25, 0.3) is 5.69 Å². The van der Waals surface area contributed by atoms with Gasteiger partial charge in [-0.2, -0.15) is 23.1 Å². The highest BCUT2D eigenvalue weighted by Crippen LogP contribution is 2.33. The van der Waals surface area contributed by atoms with Gasteiger partial charge in [-0.3, -0.25) is 29.4 Å². The number of aliphatic carboxylic acids is 1. The lowest BCUT2D eigenvalue weighted by Gasteiger charge is -2.14. The number of pyridine rings is 1. The number of benzene rings is 1. The van der Waals surface area contributed by atoms with E-state index >= 15 is 0 Å². The zero-order valence-corrected chi connectivity index (χ0v) is 35.4. The van der Waals surface area contributed by atoms with Crippen LogP contribution in [0.2, 0.25) is 10.0 Å². The molecule has 4 aromatic rings. The number of aromatic nitrogens is 6. The van der Waals surface area contributed by atoms with Crippen molar-refractivity contribution < 1.29 is 56.5 Å². The molecule has 3 aromatic heterocycles. The molecule has 1 aliphatic rings. The summed E-state index contributed by atoms with van der Waals surface area (Å²) in [7, 11) is -2.94. The minimum Gasteiger partial charge on any atom is -0.481 e. The zero-order chi connectivity index (χ0) is 44.8. The van der Waals surface area contributed by atoms with Crippen LogP contribution in [0.4, 0.5) is 10.7 Å². The van der Waals surface area contributed by atoms with Crippen molar-refractivity contribution in [2.45, 2.75) is 30.8 Å². The molecule has 23 nitrogen and oxygen atoms in total. The lowest BCUT2D eigenvalue weighted by Crippen LogP contribution is -2.36. The van der Waals surface area contributed by atoms with Crippen molar-refractivity contribution in [3.05, 3.63) is 68.4 Å². The highest BCUT2D eigenvalue weighted by atomic mass is 35.5. The van der Waals surface area contributed by atoms with Crippen molar-refractivity contribution in [3.63, 3.8) is 0 Å². The van der Waals surface area contributed by atoms with Gasteiger partial charge >= 0.3 is 25.3 Å². The number of ether oxygens (including phenoxy) is 3. The molecule has 0 atom stereocenters. The lowest BCUT2D eigenvalue weighted by atomic mass is 10.2. The van der Waals surface area contributed by atoms with Crippen molar-refractivity contribution in [3.8, 4) is 35.5 Å². The number of nitrogens with one attached hydrogen (secondary N) is 3. The summed E-state index contributed by atoms with van der Waals surface area (Å²) in [5, 5.41) is 16.7. The molecular formula is C33H39Cl2N10O13PS. The average Bonchev–Trinajstić information content (AvgIpc) is 3.52. The Bertz CT molecular complexity index is 2430. The van der Waals surface area contributed by atoms with Crippen LogP contribution in [-0.2, 0) is 32.3 Å². The van der Waals surface area contributed by atoms with Gasteiger partial charge in [0.25, 0.3) is 15.9 Å². The Morgan fingerprint density at radius 1 is 1.07 bits per heavy atom. The number of sulfonamides is 1. The van der Waals surface area contributed by atoms with E-state index in [1.54, 1.807) is 15.4 Å². The Balaban J connectivity index is 0.000000266. The van der Waals surface area contributed by atoms with Crippen LogP contribution in [-0.4, -0.2) is 123 Å². The molecule has 0 fully saturated rings. The Hall–Kier alpha value is -5.80. The Morgan fingerprint density at radius 3 is 2.30 bits per heavy atom. The first-order valence-electron chi connectivity index (χ1n) is 16.9. The van der Waals surface area contributed by atoms with Crippen LogP contribution in [0.1, 0.15) is 29.0 Å². The van der Waals surface area contributed by atoms with E-state index in [0.717, 1.165) is 25.1 Å². The monoisotopic (exact) mass is 916 g/mol. The Labute approximate surface area is 352 Å². The van der Waals surface area contributed by atoms with Gasteiger partial charge in [-0.05, 0) is 31.0 Å². The van der Waals surface area contributed by atoms with Crippen LogP contribution < -0.4 is 35.3 Å². The molecule has 5 rings (SSSR count). The van der Waals surface area contributed by atoms with Crippen LogP contribution in [0, 0.1) is 12.3 Å². The Morgan fingerprint density at radius 2 is 1.73 bits per heavy atom. The predicted octanol–water partition coefficient (Wildman–Crippen LogP) is 1.59. The third kappa shape index (κ3) is 14.2. The van der Waals surface area contributed by atoms with Gasteiger partial charge in [0.15, 0.2) is 5.03 Å². The fraction of sp³-hybridized carbons (Fsp3) is 0.333. The van der Waals surface area contributed by atoms with E-state index in [9.17, 15) is 32.2 Å². The first kappa shape index (κ1) is 48.6. The number of nitrogens with zero attached hydrogens (tertiary/aromatic N) is 7. The molecule has 0 unspecified atom stereocenters. The van der Waals surface area contributed by atoms with Crippen LogP contribution in [0.3, 0.4) is 0 Å². The predicted molar refractivity (Wildman–Crippen MR) is 214 cm³/mol. The summed E-state index contributed by atoms with van der Waals surface area (Å²) < 4.78 is 55.1. The molecule has 324 valence electrons. The summed E-state index contributed by atoms with van der Waals surface area (Å²) in [4.78, 5) is 75.5. The fourth-order valence-electron chi connectivity index (χ4n) is 4.75. The van der Waals surface area contributed by atoms with Gasteiger partial charge in [0.05, 0.1) is 54.4 Å². The number of anilines is 1. The molecule has 4 heterocycles. The normalized spacial score (nSPS) is 11.8. The maximum atomic E-state index is 12.5. The quantitative estimate of drug-likeness (QED) is 0.0819. The molecule has 0 saturated heterocycles. The number of hydrogen-bond donors (Lipinski definition) is 6. The number of terminal acetylenes is 1. The van der Waals surface area contributed by atoms with E-state index in [0.29, 0.717) is 28.0 Å².